The average molecular weight is 359 g/mol. The maximum absolute atomic E-state index is 11.8. The fraction of sp³-hybridized carbons (Fsp3) is 0.692. The third-order valence-corrected chi connectivity index (χ3v) is 4.59. The zero-order valence-corrected chi connectivity index (χ0v) is 12.5. The molecule has 0 aromatic carbocycles. The lowest BCUT2D eigenvalue weighted by molar-refractivity contribution is 0.404. The summed E-state index contributed by atoms with van der Waals surface area (Å²) >= 11 is 2.04. The van der Waals surface area contributed by atoms with Gasteiger partial charge in [0.15, 0.2) is 0 Å². The van der Waals surface area contributed by atoms with Gasteiger partial charge in [0.1, 0.15) is 0 Å². The number of nitrogens with one attached hydrogen (secondary N) is 1. The van der Waals surface area contributed by atoms with Crippen LogP contribution in [0.15, 0.2) is 17.3 Å². The molecule has 98 valence electrons. The highest BCUT2D eigenvalue weighted by molar-refractivity contribution is 14.1. The van der Waals surface area contributed by atoms with Crippen molar-refractivity contribution in [3.8, 4) is 0 Å². The van der Waals surface area contributed by atoms with Crippen LogP contribution >= 0.6 is 22.6 Å². The van der Waals surface area contributed by atoms with E-state index in [0.717, 1.165) is 24.9 Å². The maximum atomic E-state index is 11.8. The lowest BCUT2D eigenvalue weighted by atomic mass is 10.1. The smallest absolute Gasteiger partial charge is 0.266 e. The number of nitrogens with zero attached hydrogens (tertiary/aromatic N) is 2. The number of hydrogen-bond acceptors (Lipinski definition) is 3. The number of halogens is 1. The van der Waals surface area contributed by atoms with E-state index in [9.17, 15) is 4.79 Å². The quantitative estimate of drug-likeness (QED) is 0.786. The normalized spacial score (nSPS) is 19.4. The van der Waals surface area contributed by atoms with Crippen molar-refractivity contribution in [1.82, 2.24) is 14.9 Å². The minimum atomic E-state index is 0.0711. The van der Waals surface area contributed by atoms with Crippen molar-refractivity contribution in [2.45, 2.75) is 38.3 Å². The number of aromatic nitrogens is 2. The van der Waals surface area contributed by atoms with Crippen LogP contribution in [-0.2, 0) is 6.54 Å². The zero-order valence-electron chi connectivity index (χ0n) is 10.3. The molecule has 0 radical (unpaired) electrons. The molecule has 0 unspecified atom stereocenters. The van der Waals surface area contributed by atoms with Gasteiger partial charge in [-0.15, -0.1) is 0 Å². The van der Waals surface area contributed by atoms with Crippen LogP contribution in [0, 0.1) is 15.4 Å². The van der Waals surface area contributed by atoms with E-state index >= 15 is 0 Å². The summed E-state index contributed by atoms with van der Waals surface area (Å²) in [4.78, 5) is 15.9. The van der Waals surface area contributed by atoms with Crippen molar-refractivity contribution in [1.29, 1.82) is 0 Å². The van der Waals surface area contributed by atoms with Crippen LogP contribution in [0.2, 0.25) is 0 Å². The minimum absolute atomic E-state index is 0.0711. The summed E-state index contributed by atoms with van der Waals surface area (Å²) in [6, 6.07) is 0.705. The Kier molecular flexibility index (Phi) is 3.70. The van der Waals surface area contributed by atoms with E-state index < -0.39 is 0 Å². The predicted molar refractivity (Wildman–Crippen MR) is 78.5 cm³/mol. The van der Waals surface area contributed by atoms with Crippen molar-refractivity contribution in [2.75, 3.05) is 6.54 Å². The van der Waals surface area contributed by atoms with Gasteiger partial charge in [-0.25, -0.2) is 4.98 Å². The van der Waals surface area contributed by atoms with Crippen molar-refractivity contribution in [2.24, 2.45) is 11.8 Å². The highest BCUT2D eigenvalue weighted by atomic mass is 127. The van der Waals surface area contributed by atoms with Crippen LogP contribution in [-0.4, -0.2) is 22.1 Å². The van der Waals surface area contributed by atoms with Gasteiger partial charge in [-0.3, -0.25) is 9.36 Å². The third-order valence-electron chi connectivity index (χ3n) is 3.85. The molecule has 0 saturated heterocycles. The number of rotatable bonds is 6. The van der Waals surface area contributed by atoms with Crippen LogP contribution in [0.5, 0.6) is 0 Å². The van der Waals surface area contributed by atoms with Crippen molar-refractivity contribution < 1.29 is 0 Å². The molecule has 4 nitrogen and oxygen atoms in total. The van der Waals surface area contributed by atoms with E-state index in [0.29, 0.717) is 9.61 Å². The topological polar surface area (TPSA) is 46.9 Å². The van der Waals surface area contributed by atoms with E-state index in [1.54, 1.807) is 17.1 Å². The Morgan fingerprint density at radius 3 is 2.67 bits per heavy atom. The highest BCUT2D eigenvalue weighted by Gasteiger charge is 2.40. The molecule has 1 heterocycles. The van der Waals surface area contributed by atoms with Crippen molar-refractivity contribution in [3.63, 3.8) is 0 Å². The summed E-state index contributed by atoms with van der Waals surface area (Å²) in [7, 11) is 0. The molecule has 0 atom stereocenters. The predicted octanol–water partition coefficient (Wildman–Crippen LogP) is 1.63. The van der Waals surface area contributed by atoms with E-state index in [1.165, 1.54) is 25.7 Å². The summed E-state index contributed by atoms with van der Waals surface area (Å²) in [5.74, 6) is 1.81. The fourth-order valence-electron chi connectivity index (χ4n) is 2.56. The second-order valence-corrected chi connectivity index (χ2v) is 6.56. The Hall–Kier alpha value is -0.430. The SMILES string of the molecule is O=c1c(I)cncn1CCNC(C1CC1)C1CC1. The van der Waals surface area contributed by atoms with Crippen LogP contribution in [0.3, 0.4) is 0 Å². The van der Waals surface area contributed by atoms with Gasteiger partial charge in [-0.2, -0.15) is 0 Å². The van der Waals surface area contributed by atoms with Gasteiger partial charge in [-0.1, -0.05) is 0 Å². The molecule has 1 aromatic heterocycles. The molecule has 2 aliphatic carbocycles. The molecule has 18 heavy (non-hydrogen) atoms. The monoisotopic (exact) mass is 359 g/mol. The van der Waals surface area contributed by atoms with Gasteiger partial charge in [0.2, 0.25) is 0 Å². The van der Waals surface area contributed by atoms with E-state index in [2.05, 4.69) is 10.3 Å². The Labute approximate surface area is 120 Å². The van der Waals surface area contributed by atoms with Gasteiger partial charge in [0, 0.05) is 25.3 Å². The summed E-state index contributed by atoms with van der Waals surface area (Å²) < 4.78 is 2.39. The van der Waals surface area contributed by atoms with Crippen LogP contribution in [0.4, 0.5) is 0 Å². The molecule has 2 aliphatic rings. The Bertz CT molecular complexity index is 467. The molecular formula is C13H18IN3O. The lowest BCUT2D eigenvalue weighted by Gasteiger charge is -2.17. The van der Waals surface area contributed by atoms with Gasteiger partial charge in [0.05, 0.1) is 9.90 Å². The maximum Gasteiger partial charge on any atom is 0.266 e. The lowest BCUT2D eigenvalue weighted by Crippen LogP contribution is -2.37. The first kappa shape index (κ1) is 12.6. The van der Waals surface area contributed by atoms with Crippen LogP contribution in [0.25, 0.3) is 0 Å². The van der Waals surface area contributed by atoms with E-state index in [-0.39, 0.29) is 5.56 Å². The largest absolute Gasteiger partial charge is 0.312 e. The third kappa shape index (κ3) is 2.93. The molecule has 0 bridgehead atoms. The first-order valence-electron chi connectivity index (χ1n) is 6.69. The molecule has 0 spiro atoms. The zero-order chi connectivity index (χ0) is 12.5. The molecule has 0 amide bonds. The Balaban J connectivity index is 1.54. The first-order chi connectivity index (χ1) is 8.75. The van der Waals surface area contributed by atoms with E-state index in [1.807, 2.05) is 22.6 Å². The summed E-state index contributed by atoms with van der Waals surface area (Å²) in [5, 5.41) is 3.65. The molecular weight excluding hydrogens is 341 g/mol. The molecule has 1 N–H and O–H groups in total. The second-order valence-electron chi connectivity index (χ2n) is 5.39. The van der Waals surface area contributed by atoms with Crippen LogP contribution in [0.1, 0.15) is 25.7 Å². The summed E-state index contributed by atoms with van der Waals surface area (Å²) in [6.45, 7) is 1.60. The number of hydrogen-bond donors (Lipinski definition) is 1. The van der Waals surface area contributed by atoms with Crippen molar-refractivity contribution >= 4 is 22.6 Å². The molecule has 2 saturated carbocycles. The Morgan fingerprint density at radius 1 is 1.39 bits per heavy atom. The first-order valence-corrected chi connectivity index (χ1v) is 7.77. The van der Waals surface area contributed by atoms with Gasteiger partial charge in [0.25, 0.3) is 5.56 Å². The Morgan fingerprint density at radius 2 is 2.06 bits per heavy atom. The standard InChI is InChI=1S/C13H18IN3O/c14-11-7-15-8-17(13(11)18)6-5-16-12(9-1-2-9)10-3-4-10/h7-10,12,16H,1-6H2. The molecule has 3 rings (SSSR count). The second kappa shape index (κ2) is 5.28. The fourth-order valence-corrected chi connectivity index (χ4v) is 3.03. The summed E-state index contributed by atoms with van der Waals surface area (Å²) in [6.07, 6.45) is 8.80. The van der Waals surface area contributed by atoms with Crippen LogP contribution < -0.4 is 10.9 Å². The molecule has 5 heteroatoms. The minimum Gasteiger partial charge on any atom is -0.312 e. The van der Waals surface area contributed by atoms with E-state index in [4.69, 9.17) is 0 Å². The molecule has 1 aromatic rings. The van der Waals surface area contributed by atoms with Gasteiger partial charge >= 0.3 is 0 Å². The van der Waals surface area contributed by atoms with Crippen molar-refractivity contribution in [3.05, 3.63) is 26.4 Å². The summed E-state index contributed by atoms with van der Waals surface area (Å²) in [5.41, 5.74) is 0.0711. The molecule has 2 fully saturated rings. The average Bonchev–Trinajstić information content (AvgIpc) is 3.23. The molecule has 0 aliphatic heterocycles. The highest BCUT2D eigenvalue weighted by Crippen LogP contribution is 2.44. The van der Waals surface area contributed by atoms with Gasteiger partial charge in [-0.05, 0) is 60.1 Å². The van der Waals surface area contributed by atoms with Gasteiger partial charge < -0.3 is 5.32 Å².